The molecule has 3 rings (SSSR count). The van der Waals surface area contributed by atoms with Gasteiger partial charge in [-0.3, -0.25) is 4.98 Å². The molecule has 0 aliphatic heterocycles. The third-order valence-corrected chi connectivity index (χ3v) is 5.07. The third-order valence-electron chi connectivity index (χ3n) is 5.07. The molecule has 106 valence electrons. The number of hydrogen-bond donors (Lipinski definition) is 1. The summed E-state index contributed by atoms with van der Waals surface area (Å²) in [4.78, 5) is 4.48. The molecule has 1 aliphatic carbocycles. The van der Waals surface area contributed by atoms with Gasteiger partial charge in [0.1, 0.15) is 0 Å². The smallest absolute Gasteiger partial charge is 0.0994 e. The lowest BCUT2D eigenvalue weighted by molar-refractivity contribution is 0.0542. The predicted octanol–water partition coefficient (Wildman–Crippen LogP) is 4.34. The number of nitrogens with zero attached hydrogens (tertiary/aromatic N) is 1. The standard InChI is InChI=1S/C18H23NO/c1-12-7-8-15(11-13(12)2)18(20)17-16-6-4-3-5-14(16)9-10-19-17/h3-6,9-10,12-13,15,18,20H,7-8,11H2,1-2H3. The van der Waals surface area contributed by atoms with Crippen molar-refractivity contribution < 1.29 is 5.11 Å². The van der Waals surface area contributed by atoms with Crippen LogP contribution >= 0.6 is 0 Å². The molecule has 1 fully saturated rings. The number of benzene rings is 1. The molecule has 2 heteroatoms. The topological polar surface area (TPSA) is 33.1 Å². The van der Waals surface area contributed by atoms with Crippen molar-refractivity contribution in [1.82, 2.24) is 4.98 Å². The Morgan fingerprint density at radius 1 is 1.10 bits per heavy atom. The summed E-state index contributed by atoms with van der Waals surface area (Å²) >= 11 is 0. The van der Waals surface area contributed by atoms with E-state index in [1.165, 1.54) is 6.42 Å². The van der Waals surface area contributed by atoms with E-state index in [0.717, 1.165) is 35.2 Å². The van der Waals surface area contributed by atoms with E-state index in [1.807, 2.05) is 24.4 Å². The van der Waals surface area contributed by atoms with Gasteiger partial charge in [-0.2, -0.15) is 0 Å². The van der Waals surface area contributed by atoms with Crippen LogP contribution in [0.15, 0.2) is 36.5 Å². The number of fused-ring (bicyclic) bond motifs is 1. The molecule has 1 aromatic carbocycles. The Bertz CT molecular complexity index is 589. The van der Waals surface area contributed by atoms with E-state index in [9.17, 15) is 5.11 Å². The maximum Gasteiger partial charge on any atom is 0.0994 e. The van der Waals surface area contributed by atoms with Crippen LogP contribution in [-0.4, -0.2) is 10.1 Å². The van der Waals surface area contributed by atoms with Crippen molar-refractivity contribution in [3.63, 3.8) is 0 Å². The minimum atomic E-state index is -0.434. The van der Waals surface area contributed by atoms with Crippen LogP contribution in [0, 0.1) is 17.8 Å². The minimum absolute atomic E-state index is 0.347. The number of rotatable bonds is 2. The lowest BCUT2D eigenvalue weighted by Gasteiger charge is -2.34. The molecule has 0 saturated heterocycles. The van der Waals surface area contributed by atoms with E-state index >= 15 is 0 Å². The van der Waals surface area contributed by atoms with E-state index in [1.54, 1.807) is 0 Å². The maximum atomic E-state index is 10.8. The molecule has 2 nitrogen and oxygen atoms in total. The van der Waals surface area contributed by atoms with Gasteiger partial charge in [0.25, 0.3) is 0 Å². The predicted molar refractivity (Wildman–Crippen MR) is 82.4 cm³/mol. The lowest BCUT2D eigenvalue weighted by Crippen LogP contribution is -2.25. The number of pyridine rings is 1. The Morgan fingerprint density at radius 3 is 2.70 bits per heavy atom. The first-order chi connectivity index (χ1) is 9.66. The second-order valence-electron chi connectivity index (χ2n) is 6.39. The summed E-state index contributed by atoms with van der Waals surface area (Å²) in [6.45, 7) is 4.63. The van der Waals surface area contributed by atoms with Crippen LogP contribution in [0.25, 0.3) is 10.8 Å². The van der Waals surface area contributed by atoms with Gasteiger partial charge in [0.2, 0.25) is 0 Å². The van der Waals surface area contributed by atoms with Gasteiger partial charge < -0.3 is 5.11 Å². The van der Waals surface area contributed by atoms with Crippen molar-refractivity contribution in [2.75, 3.05) is 0 Å². The van der Waals surface area contributed by atoms with Crippen molar-refractivity contribution in [1.29, 1.82) is 0 Å². The van der Waals surface area contributed by atoms with Crippen LogP contribution < -0.4 is 0 Å². The molecule has 2 aromatic rings. The van der Waals surface area contributed by atoms with Gasteiger partial charge in [-0.05, 0) is 42.0 Å². The van der Waals surface area contributed by atoms with Crippen LogP contribution in [0.5, 0.6) is 0 Å². The number of aromatic nitrogens is 1. The normalized spacial score (nSPS) is 28.4. The van der Waals surface area contributed by atoms with E-state index in [-0.39, 0.29) is 0 Å². The first-order valence-corrected chi connectivity index (χ1v) is 7.68. The average Bonchev–Trinajstić information content (AvgIpc) is 2.49. The van der Waals surface area contributed by atoms with E-state index in [0.29, 0.717) is 11.8 Å². The zero-order chi connectivity index (χ0) is 14.1. The van der Waals surface area contributed by atoms with E-state index in [2.05, 4.69) is 31.0 Å². The third kappa shape index (κ3) is 2.45. The highest BCUT2D eigenvalue weighted by atomic mass is 16.3. The Hall–Kier alpha value is -1.41. The number of hydrogen-bond acceptors (Lipinski definition) is 2. The Labute approximate surface area is 120 Å². The Balaban J connectivity index is 1.91. The highest BCUT2D eigenvalue weighted by Crippen LogP contribution is 2.40. The van der Waals surface area contributed by atoms with Crippen molar-refractivity contribution >= 4 is 10.8 Å². The molecule has 4 atom stereocenters. The molecule has 1 aliphatic rings. The van der Waals surface area contributed by atoms with Crippen LogP contribution in [-0.2, 0) is 0 Å². The molecule has 0 amide bonds. The maximum absolute atomic E-state index is 10.8. The van der Waals surface area contributed by atoms with Crippen LogP contribution in [0.3, 0.4) is 0 Å². The highest BCUT2D eigenvalue weighted by Gasteiger charge is 2.31. The average molecular weight is 269 g/mol. The summed E-state index contributed by atoms with van der Waals surface area (Å²) in [7, 11) is 0. The Kier molecular flexibility index (Phi) is 3.75. The van der Waals surface area contributed by atoms with Gasteiger partial charge >= 0.3 is 0 Å². The zero-order valence-electron chi connectivity index (χ0n) is 12.3. The summed E-state index contributed by atoms with van der Waals surface area (Å²) < 4.78 is 0. The molecule has 1 N–H and O–H groups in total. The summed E-state index contributed by atoms with van der Waals surface area (Å²) in [6.07, 6.45) is 4.81. The van der Waals surface area contributed by atoms with Gasteiger partial charge in [0.05, 0.1) is 11.8 Å². The van der Waals surface area contributed by atoms with Crippen LogP contribution in [0.4, 0.5) is 0 Å². The monoisotopic (exact) mass is 269 g/mol. The quantitative estimate of drug-likeness (QED) is 0.879. The lowest BCUT2D eigenvalue weighted by atomic mass is 9.73. The number of aliphatic hydroxyl groups excluding tert-OH is 1. The molecule has 4 unspecified atom stereocenters. The largest absolute Gasteiger partial charge is 0.386 e. The van der Waals surface area contributed by atoms with Crippen LogP contribution in [0.1, 0.15) is 44.9 Å². The summed E-state index contributed by atoms with van der Waals surface area (Å²) in [5.74, 6) is 1.82. The molecular formula is C18H23NO. The van der Waals surface area contributed by atoms with Gasteiger partial charge in [-0.15, -0.1) is 0 Å². The van der Waals surface area contributed by atoms with Gasteiger partial charge in [0, 0.05) is 11.6 Å². The van der Waals surface area contributed by atoms with Gasteiger partial charge in [0.15, 0.2) is 0 Å². The minimum Gasteiger partial charge on any atom is -0.386 e. The number of aliphatic hydroxyl groups is 1. The van der Waals surface area contributed by atoms with E-state index < -0.39 is 6.10 Å². The fourth-order valence-electron chi connectivity index (χ4n) is 3.48. The molecule has 1 aromatic heterocycles. The molecule has 20 heavy (non-hydrogen) atoms. The fourth-order valence-corrected chi connectivity index (χ4v) is 3.48. The van der Waals surface area contributed by atoms with Crippen LogP contribution in [0.2, 0.25) is 0 Å². The molecule has 1 heterocycles. The fraction of sp³-hybridized carbons (Fsp3) is 0.500. The summed E-state index contributed by atoms with van der Waals surface area (Å²) in [6, 6.07) is 10.2. The van der Waals surface area contributed by atoms with Crippen molar-refractivity contribution in [3.8, 4) is 0 Å². The SMILES string of the molecule is CC1CCC(C(O)c2nccc3ccccc23)CC1C. The van der Waals surface area contributed by atoms with Crippen molar-refractivity contribution in [2.45, 2.75) is 39.2 Å². The molecule has 0 bridgehead atoms. The molecular weight excluding hydrogens is 246 g/mol. The molecule has 0 radical (unpaired) electrons. The first-order valence-electron chi connectivity index (χ1n) is 7.68. The van der Waals surface area contributed by atoms with Crippen molar-refractivity contribution in [3.05, 3.63) is 42.2 Å². The second kappa shape index (κ2) is 5.53. The van der Waals surface area contributed by atoms with Gasteiger partial charge in [-0.25, -0.2) is 0 Å². The highest BCUT2D eigenvalue weighted by molar-refractivity contribution is 5.84. The molecule has 1 saturated carbocycles. The summed E-state index contributed by atoms with van der Waals surface area (Å²) in [5.41, 5.74) is 0.856. The Morgan fingerprint density at radius 2 is 1.90 bits per heavy atom. The molecule has 0 spiro atoms. The van der Waals surface area contributed by atoms with E-state index in [4.69, 9.17) is 0 Å². The van der Waals surface area contributed by atoms with Gasteiger partial charge in [-0.1, -0.05) is 44.5 Å². The zero-order valence-corrected chi connectivity index (χ0v) is 12.3. The first kappa shape index (κ1) is 13.6. The summed E-state index contributed by atoms with van der Waals surface area (Å²) in [5, 5.41) is 13.0. The second-order valence-corrected chi connectivity index (χ2v) is 6.39. The van der Waals surface area contributed by atoms with Crippen molar-refractivity contribution in [2.24, 2.45) is 17.8 Å².